The van der Waals surface area contributed by atoms with E-state index >= 15 is 0 Å². The van der Waals surface area contributed by atoms with Crippen LogP contribution in [0.4, 0.5) is 5.00 Å². The smallest absolute Gasteiger partial charge is 0.341 e. The molecule has 0 saturated carbocycles. The quantitative estimate of drug-likeness (QED) is 0.270. The summed E-state index contributed by atoms with van der Waals surface area (Å²) in [6.07, 6.45) is 0. The van der Waals surface area contributed by atoms with Crippen LogP contribution < -0.4 is 9.54 Å². The van der Waals surface area contributed by atoms with E-state index in [4.69, 9.17) is 26.1 Å². The number of esters is 1. The van der Waals surface area contributed by atoms with E-state index in [9.17, 15) is 4.79 Å². The van der Waals surface area contributed by atoms with Crippen molar-refractivity contribution in [2.45, 2.75) is 20.8 Å². The highest BCUT2D eigenvalue weighted by molar-refractivity contribution is 7.16. The molecule has 8 heteroatoms. The van der Waals surface area contributed by atoms with Crippen LogP contribution in [0.25, 0.3) is 16.9 Å². The first-order valence-corrected chi connectivity index (χ1v) is 12.4. The molecule has 0 aliphatic carbocycles. The van der Waals surface area contributed by atoms with E-state index < -0.39 is 0 Å². The number of halogens is 1. The maximum Gasteiger partial charge on any atom is 0.341 e. The molecule has 0 aliphatic heterocycles. The fraction of sp³-hybridized carbons (Fsp3) is 0.200. The van der Waals surface area contributed by atoms with Crippen LogP contribution in [0.15, 0.2) is 58.9 Å². The maximum absolute atomic E-state index is 12.7. The van der Waals surface area contributed by atoms with Gasteiger partial charge >= 0.3 is 5.97 Å². The van der Waals surface area contributed by atoms with Crippen LogP contribution in [0, 0.1) is 13.8 Å². The molecular weight excluding hydrogens is 476 g/mol. The number of aryl methyl sites for hydroxylation is 1. The van der Waals surface area contributed by atoms with Crippen LogP contribution in [0.3, 0.4) is 0 Å². The van der Waals surface area contributed by atoms with Crippen molar-refractivity contribution in [3.63, 3.8) is 0 Å². The first kappa shape index (κ1) is 23.3. The molecule has 2 aromatic carbocycles. The fourth-order valence-electron chi connectivity index (χ4n) is 3.41. The van der Waals surface area contributed by atoms with Crippen LogP contribution in [0.5, 0.6) is 5.75 Å². The van der Waals surface area contributed by atoms with Crippen LogP contribution >= 0.6 is 34.3 Å². The zero-order valence-electron chi connectivity index (χ0n) is 18.7. The van der Waals surface area contributed by atoms with Gasteiger partial charge in [-0.05, 0) is 80.4 Å². The largest absolute Gasteiger partial charge is 0.497 e. The van der Waals surface area contributed by atoms with Crippen molar-refractivity contribution in [3.8, 4) is 22.7 Å². The normalized spacial score (nSPS) is 11.6. The van der Waals surface area contributed by atoms with E-state index in [0.29, 0.717) is 22.2 Å². The van der Waals surface area contributed by atoms with Crippen LogP contribution in [0.1, 0.15) is 27.7 Å². The third kappa shape index (κ3) is 4.76. The molecule has 0 N–H and O–H groups in total. The number of methoxy groups -OCH3 is 1. The van der Waals surface area contributed by atoms with E-state index in [1.807, 2.05) is 62.4 Å². The number of carbonyl (C=O) groups excluding carboxylic acids is 1. The summed E-state index contributed by atoms with van der Waals surface area (Å²) in [4.78, 5) is 19.4. The number of hydrogen-bond acceptors (Lipinski definition) is 6. The van der Waals surface area contributed by atoms with E-state index in [1.165, 1.54) is 22.7 Å². The number of carbonyl (C=O) groups is 1. The van der Waals surface area contributed by atoms with Gasteiger partial charge in [0, 0.05) is 21.0 Å². The Balaban J connectivity index is 1.94. The molecule has 0 radical (unpaired) electrons. The van der Waals surface area contributed by atoms with Crippen molar-refractivity contribution < 1.29 is 14.3 Å². The molecule has 0 aliphatic rings. The molecule has 0 saturated heterocycles. The van der Waals surface area contributed by atoms with Gasteiger partial charge in [0.2, 0.25) is 0 Å². The summed E-state index contributed by atoms with van der Waals surface area (Å²) in [6, 6.07) is 15.5. The second-order valence-electron chi connectivity index (χ2n) is 7.24. The summed E-state index contributed by atoms with van der Waals surface area (Å²) in [6.45, 7) is 6.05. The molecule has 0 unspecified atom stereocenters. The fourth-order valence-corrected chi connectivity index (χ4v) is 5.52. The molecule has 2 heterocycles. The van der Waals surface area contributed by atoms with Gasteiger partial charge in [-0.3, -0.25) is 4.57 Å². The van der Waals surface area contributed by atoms with Crippen molar-refractivity contribution in [3.05, 3.63) is 79.7 Å². The average Bonchev–Trinajstić information content (AvgIpc) is 3.35. The third-order valence-electron chi connectivity index (χ3n) is 5.22. The molecular formula is C25H23ClN2O3S2. The van der Waals surface area contributed by atoms with Crippen molar-refractivity contribution in [2.24, 2.45) is 4.99 Å². The number of rotatable bonds is 6. The summed E-state index contributed by atoms with van der Waals surface area (Å²) in [5.74, 6) is 0.448. The Hall–Kier alpha value is -2.87. The Morgan fingerprint density at radius 3 is 2.42 bits per heavy atom. The zero-order chi connectivity index (χ0) is 23.5. The minimum atomic E-state index is -0.344. The van der Waals surface area contributed by atoms with Gasteiger partial charge < -0.3 is 9.47 Å². The predicted octanol–water partition coefficient (Wildman–Crippen LogP) is 6.96. The van der Waals surface area contributed by atoms with Gasteiger partial charge in [0.1, 0.15) is 10.8 Å². The van der Waals surface area contributed by atoms with E-state index in [-0.39, 0.29) is 5.97 Å². The lowest BCUT2D eigenvalue weighted by Gasteiger charge is -2.10. The van der Waals surface area contributed by atoms with Crippen molar-refractivity contribution in [2.75, 3.05) is 13.7 Å². The Labute approximate surface area is 205 Å². The van der Waals surface area contributed by atoms with E-state index in [0.717, 1.165) is 37.9 Å². The number of ether oxygens (including phenoxy) is 2. The first-order valence-electron chi connectivity index (χ1n) is 10.4. The van der Waals surface area contributed by atoms with Crippen LogP contribution in [-0.2, 0) is 4.74 Å². The summed E-state index contributed by atoms with van der Waals surface area (Å²) >= 11 is 9.15. The van der Waals surface area contributed by atoms with Gasteiger partial charge in [-0.15, -0.1) is 22.7 Å². The average molecular weight is 499 g/mol. The Kier molecular flexibility index (Phi) is 7.02. The second kappa shape index (κ2) is 9.95. The minimum absolute atomic E-state index is 0.317. The Morgan fingerprint density at radius 2 is 1.79 bits per heavy atom. The van der Waals surface area contributed by atoms with Gasteiger partial charge in [0.25, 0.3) is 0 Å². The molecule has 2 aromatic heterocycles. The molecule has 4 rings (SSSR count). The highest BCUT2D eigenvalue weighted by Gasteiger charge is 2.21. The molecule has 0 fully saturated rings. The van der Waals surface area contributed by atoms with E-state index in [2.05, 4.69) is 9.95 Å². The number of hydrogen-bond donors (Lipinski definition) is 0. The molecule has 0 bridgehead atoms. The van der Waals surface area contributed by atoms with Crippen molar-refractivity contribution in [1.82, 2.24) is 4.57 Å². The van der Waals surface area contributed by atoms with Crippen molar-refractivity contribution in [1.29, 1.82) is 0 Å². The minimum Gasteiger partial charge on any atom is -0.497 e. The number of thiazole rings is 1. The molecule has 170 valence electrons. The highest BCUT2D eigenvalue weighted by Crippen LogP contribution is 2.35. The standard InChI is InChI=1S/C25H23ClN2O3S2/c1-5-31-24(29)22-15(2)16(3)33-23(22)27-25-28(19-10-8-18(26)9-11-19)21(14-32-25)17-6-12-20(30-4)13-7-17/h6-14H,5H2,1-4H3/b27-25+. The molecule has 33 heavy (non-hydrogen) atoms. The topological polar surface area (TPSA) is 52.8 Å². The lowest BCUT2D eigenvalue weighted by Crippen LogP contribution is -2.14. The number of benzene rings is 2. The van der Waals surface area contributed by atoms with Crippen LogP contribution in [-0.4, -0.2) is 24.3 Å². The van der Waals surface area contributed by atoms with Crippen molar-refractivity contribution >= 4 is 45.2 Å². The summed E-state index contributed by atoms with van der Waals surface area (Å²) < 4.78 is 12.7. The van der Waals surface area contributed by atoms with Crippen LogP contribution in [0.2, 0.25) is 5.02 Å². The Morgan fingerprint density at radius 1 is 1.09 bits per heavy atom. The lowest BCUT2D eigenvalue weighted by molar-refractivity contribution is 0.0527. The van der Waals surface area contributed by atoms with Gasteiger partial charge in [0.15, 0.2) is 4.80 Å². The molecule has 4 aromatic rings. The summed E-state index contributed by atoms with van der Waals surface area (Å²) in [5, 5.41) is 3.37. The van der Waals surface area contributed by atoms with Gasteiger partial charge in [0.05, 0.1) is 25.0 Å². The van der Waals surface area contributed by atoms with Gasteiger partial charge in [-0.1, -0.05) is 11.6 Å². The zero-order valence-corrected chi connectivity index (χ0v) is 21.1. The first-order chi connectivity index (χ1) is 15.9. The number of aromatic nitrogens is 1. The third-order valence-corrected chi connectivity index (χ3v) is 7.40. The highest BCUT2D eigenvalue weighted by atomic mass is 35.5. The predicted molar refractivity (Wildman–Crippen MR) is 136 cm³/mol. The number of nitrogens with zero attached hydrogens (tertiary/aromatic N) is 2. The summed E-state index contributed by atoms with van der Waals surface area (Å²) in [7, 11) is 1.65. The number of thiophene rings is 1. The maximum atomic E-state index is 12.7. The lowest BCUT2D eigenvalue weighted by atomic mass is 10.1. The van der Waals surface area contributed by atoms with Gasteiger partial charge in [-0.25, -0.2) is 9.79 Å². The van der Waals surface area contributed by atoms with Gasteiger partial charge in [-0.2, -0.15) is 0 Å². The Bertz CT molecular complexity index is 1350. The molecule has 5 nitrogen and oxygen atoms in total. The second-order valence-corrected chi connectivity index (χ2v) is 9.72. The SMILES string of the molecule is CCOC(=O)c1c(/N=c2/scc(-c3ccc(OC)cc3)n2-c2ccc(Cl)cc2)sc(C)c1C. The molecule has 0 atom stereocenters. The monoisotopic (exact) mass is 498 g/mol. The molecule has 0 spiro atoms. The molecule has 0 amide bonds. The summed E-state index contributed by atoms with van der Waals surface area (Å²) in [5.41, 5.74) is 4.36. The van der Waals surface area contributed by atoms with E-state index in [1.54, 1.807) is 14.0 Å².